The van der Waals surface area contributed by atoms with Crippen molar-refractivity contribution in [3.05, 3.63) is 52.3 Å². The van der Waals surface area contributed by atoms with E-state index in [9.17, 15) is 13.2 Å². The van der Waals surface area contributed by atoms with Crippen molar-refractivity contribution in [2.45, 2.75) is 11.5 Å². The van der Waals surface area contributed by atoms with Gasteiger partial charge in [-0.05, 0) is 17.7 Å². The lowest BCUT2D eigenvalue weighted by Gasteiger charge is -2.09. The lowest BCUT2D eigenvalue weighted by Crippen LogP contribution is -2.17. The molecule has 0 amide bonds. The summed E-state index contributed by atoms with van der Waals surface area (Å²) < 4.78 is 26.4. The Morgan fingerprint density at radius 1 is 1.21 bits per heavy atom. The molecule has 3 N–H and O–H groups in total. The fraction of sp³-hybridized carbons (Fsp3) is 0.0909. The van der Waals surface area contributed by atoms with Crippen LogP contribution in [0.3, 0.4) is 0 Å². The van der Waals surface area contributed by atoms with E-state index in [1.807, 2.05) is 0 Å². The van der Waals surface area contributed by atoms with E-state index < -0.39 is 22.2 Å². The maximum absolute atomic E-state index is 12.1. The van der Waals surface area contributed by atoms with E-state index >= 15 is 0 Å². The smallest absolute Gasteiger partial charge is 0.264 e. The van der Waals surface area contributed by atoms with Gasteiger partial charge in [0, 0.05) is 6.07 Å². The summed E-state index contributed by atoms with van der Waals surface area (Å²) in [7, 11) is -3.86. The number of benzene rings is 1. The predicted molar refractivity (Wildman–Crippen MR) is 68.0 cm³/mol. The van der Waals surface area contributed by atoms with Gasteiger partial charge in [0.05, 0.1) is 11.5 Å². The van der Waals surface area contributed by atoms with Gasteiger partial charge in [0.25, 0.3) is 15.6 Å². The second-order valence-corrected chi connectivity index (χ2v) is 5.33. The number of anilines is 1. The molecule has 1 aromatic heterocycles. The zero-order valence-electron chi connectivity index (χ0n) is 9.70. The number of aliphatic hydroxyl groups is 1. The molecule has 0 spiro atoms. The summed E-state index contributed by atoms with van der Waals surface area (Å²) in [6, 6.07) is 8.46. The molecule has 0 aliphatic heterocycles. The van der Waals surface area contributed by atoms with Gasteiger partial charge in [0.1, 0.15) is 0 Å². The van der Waals surface area contributed by atoms with Crippen LogP contribution in [-0.2, 0) is 16.6 Å². The first-order chi connectivity index (χ1) is 9.03. The van der Waals surface area contributed by atoms with E-state index in [-0.39, 0.29) is 16.3 Å². The third-order valence-electron chi connectivity index (χ3n) is 2.35. The highest BCUT2D eigenvalue weighted by atomic mass is 32.2. The largest absolute Gasteiger partial charge is 0.392 e. The van der Waals surface area contributed by atoms with Crippen LogP contribution in [0.25, 0.3) is 0 Å². The zero-order chi connectivity index (χ0) is 13.9. The monoisotopic (exact) mass is 281 g/mol. The first kappa shape index (κ1) is 13.2. The summed E-state index contributed by atoms with van der Waals surface area (Å²) in [5.41, 5.74) is -0.155. The number of sulfonamides is 1. The van der Waals surface area contributed by atoms with Crippen LogP contribution in [0.5, 0.6) is 0 Å². The molecule has 1 aromatic carbocycles. The van der Waals surface area contributed by atoms with E-state index in [1.165, 1.54) is 18.2 Å². The molecule has 2 aromatic rings. The van der Waals surface area contributed by atoms with Crippen molar-refractivity contribution in [2.24, 2.45) is 0 Å². The molecule has 7 nitrogen and oxygen atoms in total. The number of nitrogens with one attached hydrogen (secondary N) is 2. The third-order valence-corrected chi connectivity index (χ3v) is 3.81. The Hall–Kier alpha value is -2.19. The van der Waals surface area contributed by atoms with Crippen LogP contribution < -0.4 is 10.3 Å². The van der Waals surface area contributed by atoms with Crippen molar-refractivity contribution in [3.8, 4) is 0 Å². The fourth-order valence-corrected chi connectivity index (χ4v) is 2.73. The quantitative estimate of drug-likeness (QED) is 0.733. The minimum absolute atomic E-state index is 0.00709. The molecule has 0 aliphatic rings. The molecule has 0 unspecified atom stereocenters. The van der Waals surface area contributed by atoms with Crippen molar-refractivity contribution in [2.75, 3.05) is 4.72 Å². The van der Waals surface area contributed by atoms with Gasteiger partial charge < -0.3 is 5.11 Å². The first-order valence-corrected chi connectivity index (χ1v) is 6.78. The molecule has 0 bridgehead atoms. The molecule has 1 heterocycles. The highest BCUT2D eigenvalue weighted by molar-refractivity contribution is 7.92. The lowest BCUT2D eigenvalue weighted by molar-refractivity contribution is 0.278. The van der Waals surface area contributed by atoms with Crippen LogP contribution in [0.15, 0.2) is 46.1 Å². The molecule has 100 valence electrons. The summed E-state index contributed by atoms with van der Waals surface area (Å²) in [4.78, 5) is 10.8. The molecule has 2 rings (SSSR count). The Kier molecular flexibility index (Phi) is 3.63. The number of aromatic amines is 1. The first-order valence-electron chi connectivity index (χ1n) is 5.30. The number of hydrogen-bond donors (Lipinski definition) is 3. The summed E-state index contributed by atoms with van der Waals surface area (Å²) >= 11 is 0. The Morgan fingerprint density at radius 3 is 2.58 bits per heavy atom. The van der Waals surface area contributed by atoms with Gasteiger partial charge in [-0.1, -0.05) is 18.2 Å². The molecule has 0 radical (unpaired) electrons. The van der Waals surface area contributed by atoms with Gasteiger partial charge >= 0.3 is 0 Å². The highest BCUT2D eigenvalue weighted by Crippen LogP contribution is 2.17. The number of aliphatic hydroxyl groups excluding tert-OH is 1. The standard InChI is InChI=1S/C11H11N3O4S/c15-7-8-3-1-2-4-9(8)19(17,18)14-10-5-6-11(16)13-12-10/h1-6,15H,7H2,(H,12,14)(H,13,16). The minimum atomic E-state index is -3.86. The SMILES string of the molecule is O=c1ccc(NS(=O)(=O)c2ccccc2CO)n[nH]1. The van der Waals surface area contributed by atoms with Gasteiger partial charge in [0.15, 0.2) is 5.82 Å². The summed E-state index contributed by atoms with van der Waals surface area (Å²) in [6.07, 6.45) is 0. The summed E-state index contributed by atoms with van der Waals surface area (Å²) in [6.45, 7) is -0.393. The van der Waals surface area contributed by atoms with Crippen molar-refractivity contribution >= 4 is 15.8 Å². The van der Waals surface area contributed by atoms with E-state index in [4.69, 9.17) is 5.11 Å². The van der Waals surface area contributed by atoms with E-state index in [2.05, 4.69) is 14.9 Å². The van der Waals surface area contributed by atoms with E-state index in [1.54, 1.807) is 12.1 Å². The van der Waals surface area contributed by atoms with E-state index in [0.29, 0.717) is 0 Å². The van der Waals surface area contributed by atoms with E-state index in [0.717, 1.165) is 6.07 Å². The molecule has 8 heteroatoms. The van der Waals surface area contributed by atoms with Crippen molar-refractivity contribution in [1.29, 1.82) is 0 Å². The van der Waals surface area contributed by atoms with Gasteiger partial charge in [0.2, 0.25) is 0 Å². The fourth-order valence-electron chi connectivity index (χ4n) is 1.49. The second-order valence-electron chi connectivity index (χ2n) is 3.68. The summed E-state index contributed by atoms with van der Waals surface area (Å²) in [5.74, 6) is -0.00709. The maximum atomic E-state index is 12.1. The van der Waals surface area contributed by atoms with Crippen molar-refractivity contribution in [3.63, 3.8) is 0 Å². The second kappa shape index (κ2) is 5.21. The van der Waals surface area contributed by atoms with Crippen LogP contribution in [0, 0.1) is 0 Å². The number of nitrogens with zero attached hydrogens (tertiary/aromatic N) is 1. The number of H-pyrrole nitrogens is 1. The molecule has 0 saturated heterocycles. The normalized spacial score (nSPS) is 11.2. The number of rotatable bonds is 4. The summed E-state index contributed by atoms with van der Waals surface area (Å²) in [5, 5.41) is 14.8. The topological polar surface area (TPSA) is 112 Å². The third kappa shape index (κ3) is 2.98. The van der Waals surface area contributed by atoms with Crippen LogP contribution in [0.4, 0.5) is 5.82 Å². The Balaban J connectivity index is 2.37. The maximum Gasteiger partial charge on any atom is 0.264 e. The Labute approximate surface area is 109 Å². The van der Waals surface area contributed by atoms with Crippen LogP contribution in [-0.4, -0.2) is 23.7 Å². The van der Waals surface area contributed by atoms with Crippen molar-refractivity contribution in [1.82, 2.24) is 10.2 Å². The van der Waals surface area contributed by atoms with Gasteiger partial charge in [-0.2, -0.15) is 5.10 Å². The van der Waals surface area contributed by atoms with Crippen LogP contribution in [0.2, 0.25) is 0 Å². The van der Waals surface area contributed by atoms with Crippen LogP contribution >= 0.6 is 0 Å². The molecule has 0 aliphatic carbocycles. The number of aromatic nitrogens is 2. The minimum Gasteiger partial charge on any atom is -0.392 e. The molecule has 0 fully saturated rings. The number of hydrogen-bond acceptors (Lipinski definition) is 5. The molecular formula is C11H11N3O4S. The van der Waals surface area contributed by atoms with Gasteiger partial charge in [-0.3, -0.25) is 9.52 Å². The molecular weight excluding hydrogens is 270 g/mol. The average molecular weight is 281 g/mol. The molecule has 19 heavy (non-hydrogen) atoms. The molecule has 0 saturated carbocycles. The van der Waals surface area contributed by atoms with Gasteiger partial charge in [-0.25, -0.2) is 13.5 Å². The zero-order valence-corrected chi connectivity index (χ0v) is 10.5. The predicted octanol–water partition coefficient (Wildman–Crippen LogP) is 0.0630. The Morgan fingerprint density at radius 2 is 1.95 bits per heavy atom. The Bertz CT molecular complexity index is 719. The lowest BCUT2D eigenvalue weighted by atomic mass is 10.2. The highest BCUT2D eigenvalue weighted by Gasteiger charge is 2.18. The average Bonchev–Trinajstić information content (AvgIpc) is 2.41. The van der Waals surface area contributed by atoms with Crippen LogP contribution in [0.1, 0.15) is 5.56 Å². The molecule has 0 atom stereocenters. The van der Waals surface area contributed by atoms with Crippen molar-refractivity contribution < 1.29 is 13.5 Å². The van der Waals surface area contributed by atoms with Gasteiger partial charge in [-0.15, -0.1) is 0 Å².